The van der Waals surface area contributed by atoms with Crippen LogP contribution >= 0.6 is 0 Å². The predicted octanol–water partition coefficient (Wildman–Crippen LogP) is 3.22. The summed E-state index contributed by atoms with van der Waals surface area (Å²) in [6.45, 7) is 4.27. The van der Waals surface area contributed by atoms with Gasteiger partial charge < -0.3 is 0 Å². The number of benzene rings is 2. The molecule has 0 saturated carbocycles. The van der Waals surface area contributed by atoms with E-state index in [0.717, 1.165) is 40.2 Å². The first-order valence-corrected chi connectivity index (χ1v) is 10.8. The highest BCUT2D eigenvalue weighted by atomic mass is 16.1. The maximum Gasteiger partial charge on any atom is 0.187 e. The van der Waals surface area contributed by atoms with Crippen LogP contribution in [0, 0.1) is 0 Å². The van der Waals surface area contributed by atoms with Crippen LogP contribution in [0.25, 0.3) is 23.5 Å². The molecular formula is C25H23N7O. The van der Waals surface area contributed by atoms with Crippen molar-refractivity contribution in [2.75, 3.05) is 19.6 Å². The molecule has 33 heavy (non-hydrogen) atoms. The number of carbonyl (C=O) groups is 1. The molecule has 0 aliphatic carbocycles. The van der Waals surface area contributed by atoms with E-state index < -0.39 is 0 Å². The first kappa shape index (κ1) is 20.7. The van der Waals surface area contributed by atoms with Crippen molar-refractivity contribution in [3.8, 4) is 11.4 Å². The fourth-order valence-electron chi connectivity index (χ4n) is 3.87. The molecular weight excluding hydrogens is 414 g/mol. The topological polar surface area (TPSA) is 81.7 Å². The van der Waals surface area contributed by atoms with Crippen molar-refractivity contribution in [1.82, 2.24) is 34.4 Å². The molecule has 2 aromatic heterocycles. The summed E-state index contributed by atoms with van der Waals surface area (Å²) >= 11 is 0. The largest absolute Gasteiger partial charge is 0.295 e. The number of Topliss-reactive ketones (excluding diaryl/α,β-unsaturated/α-hetero) is 1. The van der Waals surface area contributed by atoms with Gasteiger partial charge in [0.2, 0.25) is 0 Å². The Labute approximate surface area is 191 Å². The molecule has 0 unspecified atom stereocenters. The van der Waals surface area contributed by atoms with E-state index in [1.807, 2.05) is 60.7 Å². The lowest BCUT2D eigenvalue weighted by Crippen LogP contribution is -2.37. The summed E-state index contributed by atoms with van der Waals surface area (Å²) in [6, 6.07) is 15.9. The predicted molar refractivity (Wildman–Crippen MR) is 126 cm³/mol. The quantitative estimate of drug-likeness (QED) is 0.446. The number of nitrogens with zero attached hydrogens (tertiary/aromatic N) is 7. The number of likely N-dealkylation sites (N-methyl/N-ethyl adjacent to an activating group) is 1. The van der Waals surface area contributed by atoms with Gasteiger partial charge in [-0.2, -0.15) is 10.2 Å². The zero-order valence-electron chi connectivity index (χ0n) is 18.2. The van der Waals surface area contributed by atoms with E-state index in [2.05, 4.69) is 32.0 Å². The van der Waals surface area contributed by atoms with Crippen LogP contribution in [0.15, 0.2) is 85.0 Å². The van der Waals surface area contributed by atoms with Crippen molar-refractivity contribution in [2.24, 2.45) is 0 Å². The van der Waals surface area contributed by atoms with Crippen LogP contribution in [-0.2, 0) is 4.79 Å². The number of hydrogen-bond acceptors (Lipinski definition) is 6. The van der Waals surface area contributed by atoms with Crippen LogP contribution < -0.4 is 0 Å². The third-order valence-corrected chi connectivity index (χ3v) is 5.65. The van der Waals surface area contributed by atoms with Crippen molar-refractivity contribution in [2.45, 2.75) is 6.92 Å². The van der Waals surface area contributed by atoms with E-state index in [9.17, 15) is 4.79 Å². The summed E-state index contributed by atoms with van der Waals surface area (Å²) in [5, 5.41) is 8.30. The van der Waals surface area contributed by atoms with E-state index in [-0.39, 0.29) is 5.78 Å². The number of rotatable bonds is 5. The van der Waals surface area contributed by atoms with Gasteiger partial charge in [-0.05, 0) is 54.1 Å². The molecule has 0 bridgehead atoms. The molecule has 1 aliphatic rings. The van der Waals surface area contributed by atoms with Gasteiger partial charge in [-0.3, -0.25) is 9.69 Å². The molecule has 0 spiro atoms. The summed E-state index contributed by atoms with van der Waals surface area (Å²) in [4.78, 5) is 23.5. The minimum atomic E-state index is 0.0976. The Hall–Kier alpha value is -4.17. The fraction of sp³-hybridized carbons (Fsp3) is 0.160. The number of likely N-dealkylation sites (tertiary alicyclic amines) is 1. The van der Waals surface area contributed by atoms with E-state index in [0.29, 0.717) is 13.1 Å². The van der Waals surface area contributed by atoms with Crippen molar-refractivity contribution < 1.29 is 4.79 Å². The smallest absolute Gasteiger partial charge is 0.187 e. The molecule has 0 atom stereocenters. The molecule has 2 aromatic carbocycles. The summed E-state index contributed by atoms with van der Waals surface area (Å²) in [6.07, 6.45) is 10.3. The number of aromatic nitrogens is 6. The Morgan fingerprint density at radius 1 is 0.758 bits per heavy atom. The van der Waals surface area contributed by atoms with Gasteiger partial charge in [0.1, 0.15) is 25.3 Å². The Morgan fingerprint density at radius 3 is 1.58 bits per heavy atom. The third-order valence-electron chi connectivity index (χ3n) is 5.65. The summed E-state index contributed by atoms with van der Waals surface area (Å²) in [5.74, 6) is 0.0976. The van der Waals surface area contributed by atoms with Gasteiger partial charge in [-0.15, -0.1) is 0 Å². The summed E-state index contributed by atoms with van der Waals surface area (Å²) in [7, 11) is 0. The fourth-order valence-corrected chi connectivity index (χ4v) is 3.87. The van der Waals surface area contributed by atoms with Crippen LogP contribution in [0.3, 0.4) is 0 Å². The van der Waals surface area contributed by atoms with Crippen LogP contribution in [-0.4, -0.2) is 59.8 Å². The average molecular weight is 438 g/mol. The second-order valence-corrected chi connectivity index (χ2v) is 7.83. The summed E-state index contributed by atoms with van der Waals surface area (Å²) < 4.78 is 3.41. The Kier molecular flexibility index (Phi) is 5.73. The van der Waals surface area contributed by atoms with E-state index in [4.69, 9.17) is 0 Å². The molecule has 0 radical (unpaired) electrons. The van der Waals surface area contributed by atoms with E-state index in [1.54, 1.807) is 22.0 Å². The first-order valence-electron chi connectivity index (χ1n) is 10.8. The lowest BCUT2D eigenvalue weighted by atomic mass is 9.94. The van der Waals surface area contributed by atoms with Crippen molar-refractivity contribution in [3.05, 3.63) is 96.1 Å². The van der Waals surface area contributed by atoms with Crippen molar-refractivity contribution in [3.63, 3.8) is 0 Å². The number of piperidine rings is 1. The Bertz CT molecular complexity index is 1190. The molecule has 164 valence electrons. The van der Waals surface area contributed by atoms with E-state index in [1.165, 1.54) is 12.7 Å². The van der Waals surface area contributed by atoms with Crippen LogP contribution in [0.1, 0.15) is 18.1 Å². The monoisotopic (exact) mass is 437 g/mol. The standard InChI is InChI=1S/C25H23N7O/c1-2-30-13-21(11-19-3-7-23(8-4-19)31-17-26-15-28-31)25(33)22(14-30)12-20-5-9-24(10-6-20)32-18-27-16-29-32/h3-12,15-18H,2,13-14H2,1H3. The molecule has 3 heterocycles. The molecule has 1 fully saturated rings. The molecule has 0 N–H and O–H groups in total. The van der Waals surface area contributed by atoms with Crippen molar-refractivity contribution in [1.29, 1.82) is 0 Å². The molecule has 5 rings (SSSR count). The molecule has 4 aromatic rings. The normalized spacial score (nSPS) is 17.2. The van der Waals surface area contributed by atoms with Gasteiger partial charge >= 0.3 is 0 Å². The van der Waals surface area contributed by atoms with Gasteiger partial charge in [0.05, 0.1) is 11.4 Å². The number of carbonyl (C=O) groups excluding carboxylic acids is 1. The van der Waals surface area contributed by atoms with Gasteiger partial charge in [-0.1, -0.05) is 31.2 Å². The minimum Gasteiger partial charge on any atom is -0.295 e. The van der Waals surface area contributed by atoms with Crippen LogP contribution in [0.4, 0.5) is 0 Å². The lowest BCUT2D eigenvalue weighted by Gasteiger charge is -2.28. The Morgan fingerprint density at radius 2 is 1.21 bits per heavy atom. The van der Waals surface area contributed by atoms with E-state index >= 15 is 0 Å². The second-order valence-electron chi connectivity index (χ2n) is 7.83. The maximum atomic E-state index is 13.3. The SMILES string of the molecule is CCN1CC(=Cc2ccc(-n3cncn3)cc2)C(=O)C(=Cc2ccc(-n3cncn3)cc2)C1. The molecule has 8 nitrogen and oxygen atoms in total. The zero-order chi connectivity index (χ0) is 22.6. The summed E-state index contributed by atoms with van der Waals surface area (Å²) in [5.41, 5.74) is 5.40. The zero-order valence-corrected chi connectivity index (χ0v) is 18.2. The molecule has 8 heteroatoms. The third kappa shape index (κ3) is 4.56. The first-order chi connectivity index (χ1) is 16.2. The van der Waals surface area contributed by atoms with Crippen molar-refractivity contribution >= 4 is 17.9 Å². The second kappa shape index (κ2) is 9.13. The van der Waals surface area contributed by atoms with Gasteiger partial charge in [0.15, 0.2) is 5.78 Å². The highest BCUT2D eigenvalue weighted by Crippen LogP contribution is 2.23. The highest BCUT2D eigenvalue weighted by molar-refractivity contribution is 6.14. The molecule has 1 saturated heterocycles. The van der Waals surface area contributed by atoms with Crippen LogP contribution in [0.5, 0.6) is 0 Å². The molecule has 0 amide bonds. The maximum absolute atomic E-state index is 13.3. The van der Waals surface area contributed by atoms with Gasteiger partial charge in [0.25, 0.3) is 0 Å². The minimum absolute atomic E-state index is 0.0976. The number of ketones is 1. The highest BCUT2D eigenvalue weighted by Gasteiger charge is 2.25. The van der Waals surface area contributed by atoms with Gasteiger partial charge in [0, 0.05) is 24.2 Å². The lowest BCUT2D eigenvalue weighted by molar-refractivity contribution is -0.113. The average Bonchev–Trinajstić information content (AvgIpc) is 3.57. The molecule has 1 aliphatic heterocycles. The van der Waals surface area contributed by atoms with Gasteiger partial charge in [-0.25, -0.2) is 19.3 Å². The van der Waals surface area contributed by atoms with Crippen LogP contribution in [0.2, 0.25) is 0 Å². The number of hydrogen-bond donors (Lipinski definition) is 0. The Balaban J connectivity index is 1.39.